The normalized spacial score (nSPS) is 15.3. The Morgan fingerprint density at radius 2 is 2.38 bits per heavy atom. The van der Waals surface area contributed by atoms with Crippen LogP contribution in [0.4, 0.5) is 0 Å². The molecule has 1 aromatic rings. The molecular formula is C9H13N3O2S2. The molecule has 0 saturated heterocycles. The summed E-state index contributed by atoms with van der Waals surface area (Å²) in [6.07, 6.45) is 1.89. The number of nitriles is 1. The van der Waals surface area contributed by atoms with E-state index in [4.69, 9.17) is 5.26 Å². The molecule has 16 heavy (non-hydrogen) atoms. The predicted octanol–water partition coefficient (Wildman–Crippen LogP) is 1.43. The van der Waals surface area contributed by atoms with Crippen LogP contribution in [0.3, 0.4) is 0 Å². The highest BCUT2D eigenvalue weighted by atomic mass is 32.2. The monoisotopic (exact) mass is 259 g/mol. The first-order valence-corrected chi connectivity index (χ1v) is 7.24. The highest BCUT2D eigenvalue weighted by molar-refractivity contribution is 7.90. The Bertz CT molecular complexity index is 461. The minimum absolute atomic E-state index is 0.274. The molecule has 0 fully saturated rings. The van der Waals surface area contributed by atoms with Gasteiger partial charge in [0.05, 0.1) is 12.1 Å². The molecule has 0 aliphatic rings. The van der Waals surface area contributed by atoms with E-state index < -0.39 is 21.3 Å². The number of nitrogens with zero attached hydrogens (tertiary/aromatic N) is 2. The van der Waals surface area contributed by atoms with Gasteiger partial charge in [0.1, 0.15) is 5.01 Å². The van der Waals surface area contributed by atoms with E-state index in [1.54, 1.807) is 31.5 Å². The van der Waals surface area contributed by atoms with E-state index in [1.807, 2.05) is 0 Å². The topological polar surface area (TPSA) is 82.8 Å². The molecule has 1 rings (SSSR count). The highest BCUT2D eigenvalue weighted by Crippen LogP contribution is 2.17. The predicted molar refractivity (Wildman–Crippen MR) is 62.3 cm³/mol. The van der Waals surface area contributed by atoms with Gasteiger partial charge in [0.15, 0.2) is 5.25 Å². The van der Waals surface area contributed by atoms with Crippen LogP contribution in [0.15, 0.2) is 11.6 Å². The van der Waals surface area contributed by atoms with Crippen LogP contribution >= 0.6 is 11.3 Å². The van der Waals surface area contributed by atoms with Crippen molar-refractivity contribution in [1.29, 1.82) is 5.26 Å². The molecule has 2 atom stereocenters. The number of nitrogens with one attached hydrogen (secondary N) is 1. The Kier molecular flexibility index (Phi) is 4.41. The van der Waals surface area contributed by atoms with Crippen LogP contribution in [0.1, 0.15) is 31.3 Å². The van der Waals surface area contributed by atoms with Gasteiger partial charge < -0.3 is 0 Å². The number of hydrogen-bond donors (Lipinski definition) is 1. The fourth-order valence-corrected chi connectivity index (χ4v) is 3.27. The van der Waals surface area contributed by atoms with E-state index in [9.17, 15) is 8.42 Å². The molecule has 0 saturated carbocycles. The molecule has 0 aliphatic heterocycles. The first-order valence-electron chi connectivity index (χ1n) is 4.81. The van der Waals surface area contributed by atoms with Gasteiger partial charge in [-0.2, -0.15) is 5.26 Å². The number of aromatic nitrogens is 1. The Labute approximate surface area is 99.2 Å². The molecule has 0 radical (unpaired) electrons. The van der Waals surface area contributed by atoms with Gasteiger partial charge in [-0.1, -0.05) is 6.92 Å². The maximum Gasteiger partial charge on any atom is 0.228 e. The van der Waals surface area contributed by atoms with Gasteiger partial charge in [-0.3, -0.25) is 0 Å². The third-order valence-corrected chi connectivity index (χ3v) is 4.88. The van der Waals surface area contributed by atoms with E-state index in [-0.39, 0.29) is 6.42 Å². The van der Waals surface area contributed by atoms with E-state index in [2.05, 4.69) is 9.71 Å². The Hall–Kier alpha value is -0.970. The molecule has 1 aromatic heterocycles. The molecule has 2 unspecified atom stereocenters. The lowest BCUT2D eigenvalue weighted by Crippen LogP contribution is -2.34. The summed E-state index contributed by atoms with van der Waals surface area (Å²) in [5.41, 5.74) is 0. The van der Waals surface area contributed by atoms with Gasteiger partial charge in [-0.25, -0.2) is 18.1 Å². The molecule has 0 amide bonds. The molecule has 0 aliphatic carbocycles. The molecular weight excluding hydrogens is 246 g/mol. The third-order valence-electron chi connectivity index (χ3n) is 2.05. The molecule has 1 N–H and O–H groups in total. The lowest BCUT2D eigenvalue weighted by Gasteiger charge is -2.14. The zero-order chi connectivity index (χ0) is 12.2. The van der Waals surface area contributed by atoms with Crippen LogP contribution in [-0.2, 0) is 10.0 Å². The quantitative estimate of drug-likeness (QED) is 0.867. The van der Waals surface area contributed by atoms with Crippen molar-refractivity contribution in [2.45, 2.75) is 31.6 Å². The average molecular weight is 259 g/mol. The lowest BCUT2D eigenvalue weighted by atomic mass is 10.4. The van der Waals surface area contributed by atoms with Gasteiger partial charge in [0.2, 0.25) is 10.0 Å². The summed E-state index contributed by atoms with van der Waals surface area (Å²) in [5.74, 6) is 0. The number of thiazole rings is 1. The van der Waals surface area contributed by atoms with E-state index in [0.29, 0.717) is 5.01 Å². The van der Waals surface area contributed by atoms with Crippen molar-refractivity contribution in [1.82, 2.24) is 9.71 Å². The lowest BCUT2D eigenvalue weighted by molar-refractivity contribution is 0.557. The van der Waals surface area contributed by atoms with Crippen LogP contribution in [0.5, 0.6) is 0 Å². The average Bonchev–Trinajstić information content (AvgIpc) is 2.70. The molecule has 0 bridgehead atoms. The van der Waals surface area contributed by atoms with Gasteiger partial charge in [-0.15, -0.1) is 11.3 Å². The first kappa shape index (κ1) is 13.1. The SMILES string of the molecule is CCC(C#N)S(=O)(=O)NC(C)c1nccs1. The summed E-state index contributed by atoms with van der Waals surface area (Å²) in [4.78, 5) is 4.02. The summed E-state index contributed by atoms with van der Waals surface area (Å²) in [7, 11) is -3.59. The van der Waals surface area contributed by atoms with Crippen molar-refractivity contribution in [2.24, 2.45) is 0 Å². The Morgan fingerprint density at radius 1 is 1.69 bits per heavy atom. The summed E-state index contributed by atoms with van der Waals surface area (Å²) < 4.78 is 25.9. The van der Waals surface area contributed by atoms with Crippen molar-refractivity contribution in [3.8, 4) is 6.07 Å². The molecule has 0 aromatic carbocycles. The third kappa shape index (κ3) is 3.01. The zero-order valence-electron chi connectivity index (χ0n) is 9.04. The number of hydrogen-bond acceptors (Lipinski definition) is 5. The standard InChI is InChI=1S/C9H13N3O2S2/c1-3-8(6-10)16(13,14)12-7(2)9-11-4-5-15-9/h4-5,7-8,12H,3H2,1-2H3. The van der Waals surface area contributed by atoms with E-state index >= 15 is 0 Å². The molecule has 5 nitrogen and oxygen atoms in total. The second-order valence-corrected chi connectivity index (χ2v) is 6.10. The molecule has 7 heteroatoms. The van der Waals surface area contributed by atoms with Crippen LogP contribution in [0.25, 0.3) is 0 Å². The first-order chi connectivity index (χ1) is 7.51. The number of rotatable bonds is 5. The minimum Gasteiger partial charge on any atom is -0.248 e. The summed E-state index contributed by atoms with van der Waals surface area (Å²) >= 11 is 1.38. The zero-order valence-corrected chi connectivity index (χ0v) is 10.7. The van der Waals surface area contributed by atoms with Crippen molar-refractivity contribution in [3.63, 3.8) is 0 Å². The van der Waals surface area contributed by atoms with Gasteiger partial charge in [0.25, 0.3) is 0 Å². The largest absolute Gasteiger partial charge is 0.248 e. The maximum absolute atomic E-state index is 11.7. The summed E-state index contributed by atoms with van der Waals surface area (Å²) in [6, 6.07) is 1.38. The fourth-order valence-electron chi connectivity index (χ4n) is 1.21. The maximum atomic E-state index is 11.7. The molecule has 1 heterocycles. The van der Waals surface area contributed by atoms with Gasteiger partial charge >= 0.3 is 0 Å². The minimum atomic E-state index is -3.59. The van der Waals surface area contributed by atoms with Crippen molar-refractivity contribution in [3.05, 3.63) is 16.6 Å². The van der Waals surface area contributed by atoms with Gasteiger partial charge in [0, 0.05) is 11.6 Å². The van der Waals surface area contributed by atoms with E-state index in [1.165, 1.54) is 11.3 Å². The van der Waals surface area contributed by atoms with E-state index in [0.717, 1.165) is 0 Å². The Balaban J connectivity index is 2.78. The second kappa shape index (κ2) is 5.39. The van der Waals surface area contributed by atoms with Crippen molar-refractivity contribution >= 4 is 21.4 Å². The molecule has 88 valence electrons. The highest BCUT2D eigenvalue weighted by Gasteiger charge is 2.26. The van der Waals surface area contributed by atoms with Crippen LogP contribution in [0, 0.1) is 11.3 Å². The van der Waals surface area contributed by atoms with Crippen LogP contribution in [0.2, 0.25) is 0 Å². The van der Waals surface area contributed by atoms with Crippen molar-refractivity contribution < 1.29 is 8.42 Å². The van der Waals surface area contributed by atoms with Crippen molar-refractivity contribution in [2.75, 3.05) is 0 Å². The van der Waals surface area contributed by atoms with Crippen LogP contribution in [-0.4, -0.2) is 18.7 Å². The van der Waals surface area contributed by atoms with Gasteiger partial charge in [-0.05, 0) is 13.3 Å². The smallest absolute Gasteiger partial charge is 0.228 e. The summed E-state index contributed by atoms with van der Waals surface area (Å²) in [6.45, 7) is 3.38. The second-order valence-electron chi connectivity index (χ2n) is 3.28. The fraction of sp³-hybridized carbons (Fsp3) is 0.556. The Morgan fingerprint density at radius 3 is 2.81 bits per heavy atom. The molecule has 0 spiro atoms. The number of sulfonamides is 1. The summed E-state index contributed by atoms with van der Waals surface area (Å²) in [5, 5.41) is 10.2. The van der Waals surface area contributed by atoms with Crippen LogP contribution < -0.4 is 4.72 Å².